The molecule has 0 saturated heterocycles. The standard InChI is InChI=1S/C25H19F3N6OS.C25H22N6OS/c1-14-21(34-12-4-5-17(22(34)30-14)25(26,27)28)20-13-36-24(33-20)31-16-10-8-15(9-11-16)23(35)32-19-7-3-2-6-18(19)29;1-15-11-12-31-22(13-15)27-16(2)23(31)21-14-33-25(30-21)28-18-9-7-17(8-10-18)24(32)29-20-6-4-3-5-19(20)26/h2-13H,29H2,1H3,(H,31,33)(H,32,35);3-14H,26H2,1-2H3,(H,28,30)(H,29,32). The summed E-state index contributed by atoms with van der Waals surface area (Å²) >= 11 is 2.83. The Morgan fingerprint density at radius 1 is 0.580 bits per heavy atom. The molecule has 6 aromatic heterocycles. The van der Waals surface area contributed by atoms with Crippen LogP contribution in [0.4, 0.5) is 57.6 Å². The summed E-state index contributed by atoms with van der Waals surface area (Å²) in [4.78, 5) is 43.2. The van der Waals surface area contributed by atoms with Crippen LogP contribution >= 0.6 is 22.7 Å². The zero-order valence-electron chi connectivity index (χ0n) is 37.0. The van der Waals surface area contributed by atoms with E-state index in [9.17, 15) is 22.8 Å². The third kappa shape index (κ3) is 9.95. The molecule has 4 aromatic carbocycles. The first-order valence-corrected chi connectivity index (χ1v) is 22.9. The number of halogens is 3. The van der Waals surface area contributed by atoms with Crippen molar-refractivity contribution in [3.63, 3.8) is 0 Å². The third-order valence-electron chi connectivity index (χ3n) is 10.8. The number of amides is 2. The summed E-state index contributed by atoms with van der Waals surface area (Å²) in [6.45, 7) is 5.71. The molecule has 69 heavy (non-hydrogen) atoms. The number of para-hydroxylation sites is 4. The second-order valence-electron chi connectivity index (χ2n) is 15.7. The monoisotopic (exact) mass is 962 g/mol. The van der Waals surface area contributed by atoms with E-state index in [2.05, 4.69) is 59.7 Å². The fourth-order valence-electron chi connectivity index (χ4n) is 7.43. The van der Waals surface area contributed by atoms with Gasteiger partial charge in [-0.3, -0.25) is 18.4 Å². The van der Waals surface area contributed by atoms with Gasteiger partial charge in [0, 0.05) is 45.7 Å². The number of carbonyl (C=O) groups is 2. The molecule has 8 N–H and O–H groups in total. The number of nitrogens with one attached hydrogen (secondary N) is 4. The van der Waals surface area contributed by atoms with Crippen molar-refractivity contribution >= 4 is 90.2 Å². The highest BCUT2D eigenvalue weighted by Gasteiger charge is 2.34. The van der Waals surface area contributed by atoms with Crippen molar-refractivity contribution in [3.05, 3.63) is 178 Å². The average molecular weight is 963 g/mol. The first-order valence-electron chi connectivity index (χ1n) is 21.2. The first kappa shape index (κ1) is 45.6. The Morgan fingerprint density at radius 3 is 1.58 bits per heavy atom. The Kier molecular flexibility index (Phi) is 12.5. The van der Waals surface area contributed by atoms with Crippen molar-refractivity contribution < 1.29 is 22.8 Å². The van der Waals surface area contributed by atoms with Gasteiger partial charge in [-0.15, -0.1) is 22.7 Å². The lowest BCUT2D eigenvalue weighted by Gasteiger charge is -2.09. The zero-order valence-corrected chi connectivity index (χ0v) is 38.6. The lowest BCUT2D eigenvalue weighted by molar-refractivity contribution is -0.136. The lowest BCUT2D eigenvalue weighted by atomic mass is 10.2. The van der Waals surface area contributed by atoms with Crippen LogP contribution in [0.25, 0.3) is 34.1 Å². The van der Waals surface area contributed by atoms with Gasteiger partial charge in [0.1, 0.15) is 22.7 Å². The average Bonchev–Trinajstić information content (AvgIpc) is 4.12. The molecule has 14 nitrogen and oxygen atoms in total. The second-order valence-corrected chi connectivity index (χ2v) is 17.4. The van der Waals surface area contributed by atoms with Gasteiger partial charge in [0.15, 0.2) is 10.3 Å². The lowest BCUT2D eigenvalue weighted by Crippen LogP contribution is -2.13. The minimum Gasteiger partial charge on any atom is -0.397 e. The molecule has 19 heteroatoms. The molecule has 0 unspecified atom stereocenters. The number of fused-ring (bicyclic) bond motifs is 2. The maximum atomic E-state index is 13.4. The van der Waals surface area contributed by atoms with Gasteiger partial charge in [-0.2, -0.15) is 13.2 Å². The van der Waals surface area contributed by atoms with Crippen molar-refractivity contribution in [2.45, 2.75) is 26.9 Å². The van der Waals surface area contributed by atoms with E-state index >= 15 is 0 Å². The number of nitrogens with two attached hydrogens (primary N) is 2. The van der Waals surface area contributed by atoms with E-state index in [1.807, 2.05) is 42.8 Å². The highest BCUT2D eigenvalue weighted by Crippen LogP contribution is 2.36. The number of imidazole rings is 2. The molecule has 0 aliphatic rings. The van der Waals surface area contributed by atoms with Crippen LogP contribution in [-0.2, 0) is 6.18 Å². The number of carbonyl (C=O) groups excluding carboxylic acids is 2. The molecule has 0 aliphatic carbocycles. The van der Waals surface area contributed by atoms with Crippen LogP contribution in [0.2, 0.25) is 0 Å². The summed E-state index contributed by atoms with van der Waals surface area (Å²) in [7, 11) is 0. The Balaban J connectivity index is 0.000000172. The van der Waals surface area contributed by atoms with Crippen LogP contribution in [0.15, 0.2) is 144 Å². The van der Waals surface area contributed by atoms with Gasteiger partial charge in [0.25, 0.3) is 11.8 Å². The van der Waals surface area contributed by atoms with E-state index in [1.165, 1.54) is 38.7 Å². The number of anilines is 8. The van der Waals surface area contributed by atoms with E-state index < -0.39 is 11.7 Å². The van der Waals surface area contributed by atoms with Crippen molar-refractivity contribution in [3.8, 4) is 22.8 Å². The maximum Gasteiger partial charge on any atom is 0.419 e. The number of benzene rings is 4. The number of hydrogen-bond donors (Lipinski definition) is 6. The number of aryl methyl sites for hydroxylation is 3. The Labute approximate surface area is 400 Å². The van der Waals surface area contributed by atoms with E-state index in [1.54, 1.807) is 91.3 Å². The van der Waals surface area contributed by atoms with Crippen molar-refractivity contribution in [1.29, 1.82) is 0 Å². The van der Waals surface area contributed by atoms with E-state index in [0.29, 0.717) is 61.8 Å². The van der Waals surface area contributed by atoms with Crippen LogP contribution < -0.4 is 32.7 Å². The van der Waals surface area contributed by atoms with Gasteiger partial charge in [-0.25, -0.2) is 19.9 Å². The maximum absolute atomic E-state index is 13.4. The second kappa shape index (κ2) is 19.0. The number of rotatable bonds is 10. The van der Waals surface area contributed by atoms with Gasteiger partial charge >= 0.3 is 6.18 Å². The molecular weight excluding hydrogens is 922 g/mol. The smallest absolute Gasteiger partial charge is 0.397 e. The Morgan fingerprint density at radius 2 is 1.07 bits per heavy atom. The molecule has 0 aliphatic heterocycles. The molecule has 346 valence electrons. The molecule has 0 atom stereocenters. The fourth-order valence-corrected chi connectivity index (χ4v) is 8.86. The molecule has 0 bridgehead atoms. The molecule has 2 amide bonds. The number of thiazole rings is 2. The van der Waals surface area contributed by atoms with Crippen LogP contribution in [-0.4, -0.2) is 40.6 Å². The topological polar surface area (TPSA) is 195 Å². The highest BCUT2D eigenvalue weighted by atomic mass is 32.1. The van der Waals surface area contributed by atoms with Crippen LogP contribution in [0.3, 0.4) is 0 Å². The zero-order chi connectivity index (χ0) is 48.4. The Bertz CT molecular complexity index is 3510. The minimum atomic E-state index is -4.51. The number of alkyl halides is 3. The number of nitrogens with zero attached hydrogens (tertiary/aromatic N) is 6. The third-order valence-corrected chi connectivity index (χ3v) is 12.3. The van der Waals surface area contributed by atoms with Crippen LogP contribution in [0.5, 0.6) is 0 Å². The van der Waals surface area contributed by atoms with Gasteiger partial charge in [0.05, 0.1) is 51.1 Å². The van der Waals surface area contributed by atoms with Gasteiger partial charge in [0.2, 0.25) is 0 Å². The summed E-state index contributed by atoms with van der Waals surface area (Å²) in [5, 5.41) is 17.2. The summed E-state index contributed by atoms with van der Waals surface area (Å²) < 4.78 is 43.7. The first-order chi connectivity index (χ1) is 33.2. The molecule has 0 spiro atoms. The molecule has 0 fully saturated rings. The van der Waals surface area contributed by atoms with Crippen molar-refractivity contribution in [1.82, 2.24) is 28.7 Å². The molecule has 0 radical (unpaired) electrons. The molecular formula is C50H41F3N12O2S2. The minimum absolute atomic E-state index is 0.161. The summed E-state index contributed by atoms with van der Waals surface area (Å²) in [5.74, 6) is -0.508. The summed E-state index contributed by atoms with van der Waals surface area (Å²) in [6, 6.07) is 34.7. The molecule has 10 aromatic rings. The summed E-state index contributed by atoms with van der Waals surface area (Å²) in [5.41, 5.74) is 21.8. The highest BCUT2D eigenvalue weighted by molar-refractivity contribution is 7.14. The largest absolute Gasteiger partial charge is 0.419 e. The summed E-state index contributed by atoms with van der Waals surface area (Å²) in [6.07, 6.45) is -0.943. The van der Waals surface area contributed by atoms with Gasteiger partial charge in [-0.05, 0) is 123 Å². The molecule has 6 heterocycles. The van der Waals surface area contributed by atoms with Crippen molar-refractivity contribution in [2.24, 2.45) is 0 Å². The molecule has 10 rings (SSSR count). The number of nitrogen functional groups attached to an aromatic ring is 2. The number of aromatic nitrogens is 6. The van der Waals surface area contributed by atoms with Crippen LogP contribution in [0, 0.1) is 20.8 Å². The van der Waals surface area contributed by atoms with E-state index in [4.69, 9.17) is 16.5 Å². The molecule has 0 saturated carbocycles. The number of hydrogen-bond acceptors (Lipinski definition) is 12. The normalized spacial score (nSPS) is 11.3. The predicted molar refractivity (Wildman–Crippen MR) is 269 cm³/mol. The van der Waals surface area contributed by atoms with Crippen LogP contribution in [0.1, 0.15) is 43.2 Å². The number of pyridine rings is 2. The van der Waals surface area contributed by atoms with Gasteiger partial charge < -0.3 is 32.7 Å². The Hall–Kier alpha value is -8.55. The van der Waals surface area contributed by atoms with E-state index in [0.717, 1.165) is 39.6 Å². The van der Waals surface area contributed by atoms with Gasteiger partial charge in [-0.1, -0.05) is 24.3 Å². The van der Waals surface area contributed by atoms with E-state index in [-0.39, 0.29) is 17.5 Å². The fraction of sp³-hybridized carbons (Fsp3) is 0.0800. The quantitative estimate of drug-likeness (QED) is 0.0718. The van der Waals surface area contributed by atoms with Crippen molar-refractivity contribution in [2.75, 3.05) is 32.7 Å². The predicted octanol–water partition coefficient (Wildman–Crippen LogP) is 12.0. The SMILES string of the molecule is Cc1ccn2c(-c3csc(Nc4ccc(C(=O)Nc5ccccc5N)cc4)n3)c(C)nc2c1.Cc1nc2c(C(F)(F)F)cccn2c1-c1csc(Nc2ccc(C(=O)Nc3ccccc3N)cc2)n1.